The molecule has 4 fully saturated rings. The smallest absolute Gasteiger partial charge is 0.191 e. The minimum atomic E-state index is -1.97. The van der Waals surface area contributed by atoms with Crippen LogP contribution in [-0.4, -0.2) is 45.2 Å². The third kappa shape index (κ3) is 5.92. The Kier molecular flexibility index (Phi) is 8.86. The molecule has 218 valence electrons. The Balaban J connectivity index is 1.70. The van der Waals surface area contributed by atoms with Crippen LogP contribution >= 0.6 is 0 Å². The van der Waals surface area contributed by atoms with Crippen molar-refractivity contribution in [2.75, 3.05) is 26.2 Å². The third-order valence-electron chi connectivity index (χ3n) is 12.1. The van der Waals surface area contributed by atoms with Crippen LogP contribution in [0, 0.1) is 34.5 Å². The number of fused-ring (bicyclic) bond motifs is 1. The van der Waals surface area contributed by atoms with Gasteiger partial charge in [-0.2, -0.15) is 0 Å². The van der Waals surface area contributed by atoms with Crippen LogP contribution in [0.1, 0.15) is 92.4 Å². The van der Waals surface area contributed by atoms with Gasteiger partial charge in [-0.15, -0.1) is 0 Å². The molecule has 1 aliphatic heterocycles. The van der Waals surface area contributed by atoms with Gasteiger partial charge in [0, 0.05) is 49.3 Å². The standard InChI is InChI=1S/C32H54N4O2Si/c1-23-12-13-27-26(20-34-35-33)28(14-15-31(23,27)5)32(6)19-24(21-36-16-10-9-11-17-36)29(37)18-25(32)22-38-39(7,8)30(2,3)4/h21,25-28H,1,9-20,22H2,2-8H3/b24-21-/t25-,26+,27+,28+,31-,32+/m1/s1. The molecule has 0 aromatic heterocycles. The average Bonchev–Trinajstić information content (AvgIpc) is 3.18. The molecule has 0 spiro atoms. The van der Waals surface area contributed by atoms with Crippen LogP contribution in [0.2, 0.25) is 18.1 Å². The number of piperidine rings is 1. The van der Waals surface area contributed by atoms with E-state index < -0.39 is 8.32 Å². The second kappa shape index (κ2) is 11.4. The van der Waals surface area contributed by atoms with Gasteiger partial charge in [-0.1, -0.05) is 51.9 Å². The first-order valence-corrected chi connectivity index (χ1v) is 18.4. The highest BCUT2D eigenvalue weighted by Gasteiger charge is 2.57. The fourth-order valence-electron chi connectivity index (χ4n) is 8.23. The van der Waals surface area contributed by atoms with E-state index in [4.69, 9.17) is 4.43 Å². The van der Waals surface area contributed by atoms with Crippen molar-refractivity contribution in [3.8, 4) is 0 Å². The zero-order valence-corrected chi connectivity index (χ0v) is 26.9. The molecule has 0 bridgehead atoms. The van der Waals surface area contributed by atoms with Crippen molar-refractivity contribution in [1.29, 1.82) is 0 Å². The summed E-state index contributed by atoms with van der Waals surface area (Å²) in [4.78, 5) is 19.3. The Morgan fingerprint density at radius 3 is 2.51 bits per heavy atom. The van der Waals surface area contributed by atoms with Gasteiger partial charge in [0.25, 0.3) is 0 Å². The Morgan fingerprint density at radius 2 is 1.87 bits per heavy atom. The maximum atomic E-state index is 13.7. The number of carbonyl (C=O) groups is 1. The van der Waals surface area contributed by atoms with Crippen LogP contribution in [0.3, 0.4) is 0 Å². The molecule has 39 heavy (non-hydrogen) atoms. The average molecular weight is 555 g/mol. The lowest BCUT2D eigenvalue weighted by Gasteiger charge is -2.56. The van der Waals surface area contributed by atoms with Gasteiger partial charge in [0.15, 0.2) is 14.1 Å². The van der Waals surface area contributed by atoms with Crippen LogP contribution in [0.15, 0.2) is 29.0 Å². The SMILES string of the molecule is C=C1CC[C@H]2[C@H](CN=[N+]=[N-])[C@@H]([C@@]3(C)C/C(=C/N4CCCCC4)C(=O)C[C@@H]3CO[Si](C)(C)C(C)(C)C)CC[C@]12C. The summed E-state index contributed by atoms with van der Waals surface area (Å²) in [5.74, 6) is 1.66. The van der Waals surface area contributed by atoms with Gasteiger partial charge >= 0.3 is 0 Å². The monoisotopic (exact) mass is 554 g/mol. The molecule has 7 heteroatoms. The lowest BCUT2D eigenvalue weighted by atomic mass is 9.49. The Bertz CT molecular complexity index is 1020. The summed E-state index contributed by atoms with van der Waals surface area (Å²) in [5, 5.41) is 4.32. The van der Waals surface area contributed by atoms with Gasteiger partial charge in [0.2, 0.25) is 0 Å². The van der Waals surface area contributed by atoms with E-state index in [9.17, 15) is 10.3 Å². The molecule has 1 heterocycles. The molecule has 4 rings (SSSR count). The second-order valence-electron chi connectivity index (χ2n) is 15.2. The molecule has 0 aromatic rings. The summed E-state index contributed by atoms with van der Waals surface area (Å²) >= 11 is 0. The number of likely N-dealkylation sites (tertiary alicyclic amines) is 1. The van der Waals surface area contributed by atoms with Gasteiger partial charge in [-0.25, -0.2) is 0 Å². The van der Waals surface area contributed by atoms with E-state index in [2.05, 4.69) is 75.4 Å². The predicted molar refractivity (Wildman–Crippen MR) is 163 cm³/mol. The van der Waals surface area contributed by atoms with E-state index in [1.54, 1.807) is 0 Å². The summed E-state index contributed by atoms with van der Waals surface area (Å²) < 4.78 is 6.85. The van der Waals surface area contributed by atoms with Crippen molar-refractivity contribution in [3.05, 3.63) is 34.4 Å². The largest absolute Gasteiger partial charge is 0.417 e. The fraction of sp³-hybridized carbons (Fsp3) is 0.844. The van der Waals surface area contributed by atoms with Gasteiger partial charge in [-0.05, 0) is 110 Å². The second-order valence-corrected chi connectivity index (χ2v) is 20.0. The summed E-state index contributed by atoms with van der Waals surface area (Å²) in [6, 6.07) is 0. The van der Waals surface area contributed by atoms with Crippen molar-refractivity contribution in [3.63, 3.8) is 0 Å². The summed E-state index contributed by atoms with van der Waals surface area (Å²) in [5.41, 5.74) is 11.8. The van der Waals surface area contributed by atoms with Gasteiger partial charge in [0.05, 0.1) is 0 Å². The van der Waals surface area contributed by atoms with Gasteiger partial charge in [-0.3, -0.25) is 4.79 Å². The molecule has 1 saturated heterocycles. The molecule has 3 aliphatic carbocycles. The number of allylic oxidation sites excluding steroid dienone is 2. The summed E-state index contributed by atoms with van der Waals surface area (Å²) in [6.07, 6.45) is 11.7. The van der Waals surface area contributed by atoms with E-state index in [1.165, 1.54) is 24.8 Å². The molecule has 6 nitrogen and oxygen atoms in total. The molecule has 0 aromatic carbocycles. The van der Waals surface area contributed by atoms with Crippen LogP contribution in [0.25, 0.3) is 10.4 Å². The summed E-state index contributed by atoms with van der Waals surface area (Å²) in [7, 11) is -1.97. The number of azide groups is 1. The van der Waals surface area contributed by atoms with E-state index in [-0.39, 0.29) is 21.8 Å². The zero-order chi connectivity index (χ0) is 28.6. The lowest BCUT2D eigenvalue weighted by Crippen LogP contribution is -2.53. The number of Topliss-reactive ketones (excluding diaryl/α,β-unsaturated/α-hetero) is 1. The predicted octanol–water partition coefficient (Wildman–Crippen LogP) is 8.67. The highest BCUT2D eigenvalue weighted by molar-refractivity contribution is 6.74. The first kappa shape index (κ1) is 30.4. The fourth-order valence-corrected chi connectivity index (χ4v) is 9.28. The van der Waals surface area contributed by atoms with E-state index in [1.807, 2.05) is 0 Å². The Labute approximate surface area is 238 Å². The van der Waals surface area contributed by atoms with Crippen LogP contribution < -0.4 is 0 Å². The van der Waals surface area contributed by atoms with Crippen molar-refractivity contribution in [2.24, 2.45) is 39.6 Å². The minimum absolute atomic E-state index is 0.0845. The molecule has 3 saturated carbocycles. The number of hydrogen-bond donors (Lipinski definition) is 0. The van der Waals surface area contributed by atoms with Crippen LogP contribution in [-0.2, 0) is 9.22 Å². The Morgan fingerprint density at radius 1 is 1.18 bits per heavy atom. The van der Waals surface area contributed by atoms with Crippen molar-refractivity contribution < 1.29 is 9.22 Å². The van der Waals surface area contributed by atoms with Crippen molar-refractivity contribution in [1.82, 2.24) is 4.90 Å². The van der Waals surface area contributed by atoms with Crippen molar-refractivity contribution in [2.45, 2.75) is 111 Å². The molecule has 0 radical (unpaired) electrons. The number of nitrogens with zero attached hydrogens (tertiary/aromatic N) is 4. The first-order valence-electron chi connectivity index (χ1n) is 15.5. The molecular formula is C32H54N4O2Si. The quantitative estimate of drug-likeness (QED) is 0.0788. The minimum Gasteiger partial charge on any atom is -0.417 e. The first-order chi connectivity index (χ1) is 18.2. The maximum absolute atomic E-state index is 13.7. The molecular weight excluding hydrogens is 500 g/mol. The zero-order valence-electron chi connectivity index (χ0n) is 25.9. The molecule has 0 N–H and O–H groups in total. The highest BCUT2D eigenvalue weighted by Crippen LogP contribution is 2.63. The number of hydrogen-bond acceptors (Lipinski definition) is 4. The molecule has 4 aliphatic rings. The summed E-state index contributed by atoms with van der Waals surface area (Å²) in [6.45, 7) is 24.1. The highest BCUT2D eigenvalue weighted by atomic mass is 28.4. The molecule has 0 unspecified atom stereocenters. The van der Waals surface area contributed by atoms with Crippen LogP contribution in [0.4, 0.5) is 0 Å². The topological polar surface area (TPSA) is 78.3 Å². The van der Waals surface area contributed by atoms with Gasteiger partial charge < -0.3 is 9.33 Å². The third-order valence-corrected chi connectivity index (χ3v) is 16.6. The van der Waals surface area contributed by atoms with E-state index >= 15 is 0 Å². The molecule has 0 amide bonds. The van der Waals surface area contributed by atoms with E-state index in [0.29, 0.717) is 43.1 Å². The lowest BCUT2D eigenvalue weighted by molar-refractivity contribution is -0.125. The number of rotatable bonds is 7. The number of ketones is 1. The number of carbonyl (C=O) groups excluding carboxylic acids is 1. The van der Waals surface area contributed by atoms with Crippen molar-refractivity contribution >= 4 is 14.1 Å². The maximum Gasteiger partial charge on any atom is 0.191 e. The van der Waals surface area contributed by atoms with Crippen LogP contribution in [0.5, 0.6) is 0 Å². The van der Waals surface area contributed by atoms with E-state index in [0.717, 1.165) is 50.8 Å². The normalized spacial score (nSPS) is 37.1. The Hall–Kier alpha value is -1.56. The molecule has 6 atom stereocenters. The van der Waals surface area contributed by atoms with Gasteiger partial charge in [0.1, 0.15) is 0 Å².